The zero-order chi connectivity index (χ0) is 25.1. The van der Waals surface area contributed by atoms with Gasteiger partial charge in [0.2, 0.25) is 5.91 Å². The first-order chi connectivity index (χ1) is 17.5. The van der Waals surface area contributed by atoms with E-state index in [1.807, 2.05) is 59.6 Å². The number of carbonyl (C=O) groups is 1. The molecular formula is C27H27N5O4. The van der Waals surface area contributed by atoms with Crippen LogP contribution in [0.5, 0.6) is 0 Å². The first-order valence-corrected chi connectivity index (χ1v) is 11.8. The lowest BCUT2D eigenvalue weighted by molar-refractivity contribution is -0.384. The Labute approximate surface area is 208 Å². The summed E-state index contributed by atoms with van der Waals surface area (Å²) in [7, 11) is 1.53. The van der Waals surface area contributed by atoms with Gasteiger partial charge in [0.1, 0.15) is 12.3 Å². The fourth-order valence-electron chi connectivity index (χ4n) is 4.62. The number of rotatable bonds is 7. The second kappa shape index (κ2) is 10.3. The van der Waals surface area contributed by atoms with Gasteiger partial charge in [-0.1, -0.05) is 42.5 Å². The van der Waals surface area contributed by atoms with E-state index in [0.717, 1.165) is 46.8 Å². The lowest BCUT2D eigenvalue weighted by Crippen LogP contribution is -2.49. The van der Waals surface area contributed by atoms with Gasteiger partial charge < -0.3 is 14.0 Å². The highest BCUT2D eigenvalue weighted by molar-refractivity contribution is 5.77. The van der Waals surface area contributed by atoms with E-state index in [-0.39, 0.29) is 23.1 Å². The molecule has 0 radical (unpaired) electrons. The van der Waals surface area contributed by atoms with Gasteiger partial charge in [0.05, 0.1) is 16.3 Å². The number of non-ortho nitro benzene ring substituents is 1. The van der Waals surface area contributed by atoms with Crippen molar-refractivity contribution < 1.29 is 14.5 Å². The normalized spacial score (nSPS) is 14.3. The number of nitro benzene ring substituents is 1. The number of benzene rings is 2. The minimum atomic E-state index is -0.380. The highest BCUT2D eigenvalue weighted by Gasteiger charge is 2.24. The number of carbonyl (C=O) groups excluding carboxylic acids is 1. The molecule has 0 N–H and O–H groups in total. The molecule has 9 heteroatoms. The van der Waals surface area contributed by atoms with Crippen molar-refractivity contribution >= 4 is 17.2 Å². The summed E-state index contributed by atoms with van der Waals surface area (Å²) in [4.78, 5) is 32.2. The van der Waals surface area contributed by atoms with Crippen LogP contribution in [-0.2, 0) is 16.1 Å². The first-order valence-electron chi connectivity index (χ1n) is 11.8. The summed E-state index contributed by atoms with van der Waals surface area (Å²) < 4.78 is 7.08. The Hall–Kier alpha value is -4.08. The molecule has 1 fully saturated rings. The van der Waals surface area contributed by atoms with Crippen molar-refractivity contribution in [1.82, 2.24) is 19.2 Å². The average Bonchev–Trinajstić information content (AvgIpc) is 3.27. The lowest BCUT2D eigenvalue weighted by Gasteiger charge is -2.34. The second-order valence-electron chi connectivity index (χ2n) is 8.82. The molecule has 184 valence electrons. The largest absolute Gasteiger partial charge is 0.375 e. The minimum absolute atomic E-state index is 0.0125. The molecule has 2 aromatic carbocycles. The number of nitro groups is 1. The second-order valence-corrected chi connectivity index (χ2v) is 8.82. The van der Waals surface area contributed by atoms with Gasteiger partial charge in [0, 0.05) is 63.7 Å². The van der Waals surface area contributed by atoms with Crippen LogP contribution in [0.3, 0.4) is 0 Å². The summed E-state index contributed by atoms with van der Waals surface area (Å²) in [6.45, 7) is 3.57. The van der Waals surface area contributed by atoms with E-state index in [1.54, 1.807) is 12.1 Å². The van der Waals surface area contributed by atoms with Crippen LogP contribution in [0.1, 0.15) is 5.69 Å². The Morgan fingerprint density at radius 2 is 1.72 bits per heavy atom. The first kappa shape index (κ1) is 23.7. The smallest absolute Gasteiger partial charge is 0.270 e. The quantitative estimate of drug-likeness (QED) is 0.291. The molecule has 0 bridgehead atoms. The average molecular weight is 486 g/mol. The predicted octanol–water partition coefficient (Wildman–Crippen LogP) is 3.87. The third kappa shape index (κ3) is 4.84. The van der Waals surface area contributed by atoms with Crippen LogP contribution >= 0.6 is 0 Å². The maximum Gasteiger partial charge on any atom is 0.270 e. The van der Waals surface area contributed by atoms with Gasteiger partial charge in [-0.25, -0.2) is 4.98 Å². The summed E-state index contributed by atoms with van der Waals surface area (Å²) >= 11 is 0. The third-order valence-electron chi connectivity index (χ3n) is 6.52. The van der Waals surface area contributed by atoms with Crippen LogP contribution in [0, 0.1) is 10.1 Å². The van der Waals surface area contributed by atoms with Crippen molar-refractivity contribution in [3.8, 4) is 22.4 Å². The van der Waals surface area contributed by atoms with Crippen molar-refractivity contribution in [2.75, 3.05) is 39.9 Å². The van der Waals surface area contributed by atoms with Gasteiger partial charge in [-0.15, -0.1) is 0 Å². The molecule has 0 saturated carbocycles. The summed E-state index contributed by atoms with van der Waals surface area (Å²) in [5.41, 5.74) is 5.50. The molecule has 9 nitrogen and oxygen atoms in total. The molecular weight excluding hydrogens is 458 g/mol. The highest BCUT2D eigenvalue weighted by Crippen LogP contribution is 2.29. The summed E-state index contributed by atoms with van der Waals surface area (Å²) in [6.07, 6.45) is 2.00. The molecule has 0 spiro atoms. The van der Waals surface area contributed by atoms with Crippen molar-refractivity contribution in [3.05, 3.63) is 88.7 Å². The molecule has 5 rings (SSSR count). The Balaban J connectivity index is 1.50. The number of fused-ring (bicyclic) bond motifs is 1. The Kier molecular flexibility index (Phi) is 6.75. The lowest BCUT2D eigenvalue weighted by atomic mass is 10.1. The van der Waals surface area contributed by atoms with Gasteiger partial charge in [-0.05, 0) is 23.3 Å². The topological polar surface area (TPSA) is 93.2 Å². The zero-order valence-electron chi connectivity index (χ0n) is 20.0. The number of methoxy groups -OCH3 is 1. The molecule has 1 amide bonds. The highest BCUT2D eigenvalue weighted by atomic mass is 16.6. The molecule has 2 aromatic heterocycles. The predicted molar refractivity (Wildman–Crippen MR) is 136 cm³/mol. The van der Waals surface area contributed by atoms with Gasteiger partial charge >= 0.3 is 0 Å². The van der Waals surface area contributed by atoms with Crippen LogP contribution in [0.2, 0.25) is 0 Å². The molecule has 3 heterocycles. The molecule has 0 atom stereocenters. The van der Waals surface area contributed by atoms with E-state index in [9.17, 15) is 14.9 Å². The molecule has 1 aliphatic rings. The monoisotopic (exact) mass is 485 g/mol. The van der Waals surface area contributed by atoms with Crippen molar-refractivity contribution in [2.45, 2.75) is 6.54 Å². The molecule has 1 saturated heterocycles. The minimum Gasteiger partial charge on any atom is -0.375 e. The van der Waals surface area contributed by atoms with E-state index in [1.165, 1.54) is 13.2 Å². The summed E-state index contributed by atoms with van der Waals surface area (Å²) in [5.74, 6) is 0.0125. The number of amides is 1. The molecule has 0 aliphatic carbocycles. The number of pyridine rings is 1. The summed E-state index contributed by atoms with van der Waals surface area (Å²) in [6, 6.07) is 20.6. The Morgan fingerprint density at radius 3 is 2.44 bits per heavy atom. The van der Waals surface area contributed by atoms with Gasteiger partial charge in [0.25, 0.3) is 5.69 Å². The SMILES string of the molecule is COCC(=O)N1CCN(Cc2c(-c3ccccc3)nc3ccc(-c4cccc([N+](=O)[O-])c4)cn23)CC1. The van der Waals surface area contributed by atoms with E-state index >= 15 is 0 Å². The Morgan fingerprint density at radius 1 is 0.972 bits per heavy atom. The zero-order valence-corrected chi connectivity index (χ0v) is 20.0. The van der Waals surface area contributed by atoms with E-state index in [0.29, 0.717) is 19.6 Å². The number of imidazole rings is 1. The fourth-order valence-corrected chi connectivity index (χ4v) is 4.62. The van der Waals surface area contributed by atoms with Crippen LogP contribution < -0.4 is 0 Å². The van der Waals surface area contributed by atoms with Crippen LogP contribution in [0.4, 0.5) is 5.69 Å². The van der Waals surface area contributed by atoms with E-state index in [2.05, 4.69) is 9.30 Å². The number of aromatic nitrogens is 2. The maximum absolute atomic E-state index is 12.2. The molecule has 36 heavy (non-hydrogen) atoms. The standard InChI is InChI=1S/C27H27N5O4/c1-36-19-26(33)30-14-12-29(13-15-30)18-24-27(20-6-3-2-4-7-20)28-25-11-10-22(17-31(24)25)21-8-5-9-23(16-21)32(34)35/h2-11,16-17H,12-15,18-19H2,1H3. The summed E-state index contributed by atoms with van der Waals surface area (Å²) in [5, 5.41) is 11.3. The van der Waals surface area contributed by atoms with Gasteiger partial charge in [0.15, 0.2) is 0 Å². The molecule has 0 unspecified atom stereocenters. The van der Waals surface area contributed by atoms with E-state index < -0.39 is 0 Å². The number of nitrogens with zero attached hydrogens (tertiary/aromatic N) is 5. The molecule has 4 aromatic rings. The number of hydrogen-bond acceptors (Lipinski definition) is 6. The van der Waals surface area contributed by atoms with Crippen molar-refractivity contribution in [3.63, 3.8) is 0 Å². The van der Waals surface area contributed by atoms with Crippen LogP contribution in [-0.4, -0.2) is 69.9 Å². The van der Waals surface area contributed by atoms with Crippen molar-refractivity contribution in [1.29, 1.82) is 0 Å². The fraction of sp³-hybridized carbons (Fsp3) is 0.259. The van der Waals surface area contributed by atoms with Crippen LogP contribution in [0.25, 0.3) is 28.0 Å². The Bertz CT molecular complexity index is 1390. The number of ether oxygens (including phenoxy) is 1. The van der Waals surface area contributed by atoms with Gasteiger partial charge in [-0.2, -0.15) is 0 Å². The van der Waals surface area contributed by atoms with E-state index in [4.69, 9.17) is 9.72 Å². The van der Waals surface area contributed by atoms with Crippen molar-refractivity contribution in [2.24, 2.45) is 0 Å². The number of piperazine rings is 1. The van der Waals surface area contributed by atoms with Gasteiger partial charge in [-0.3, -0.25) is 19.8 Å². The maximum atomic E-state index is 12.2. The third-order valence-corrected chi connectivity index (χ3v) is 6.52. The van der Waals surface area contributed by atoms with Crippen LogP contribution in [0.15, 0.2) is 72.9 Å². The number of hydrogen-bond donors (Lipinski definition) is 0. The molecule has 1 aliphatic heterocycles.